The summed E-state index contributed by atoms with van der Waals surface area (Å²) in [5.74, 6) is 0.251. The Bertz CT molecular complexity index is 1260. The molecule has 6 N–H and O–H groups in total. The smallest absolute Gasteiger partial charge is 0.319 e. The Labute approximate surface area is 228 Å². The second kappa shape index (κ2) is 11.8. The van der Waals surface area contributed by atoms with Crippen molar-refractivity contribution in [2.75, 3.05) is 37.8 Å². The van der Waals surface area contributed by atoms with Gasteiger partial charge < -0.3 is 40.8 Å². The summed E-state index contributed by atoms with van der Waals surface area (Å²) in [5, 5.41) is 27.6. The molecular weight excluding hydrogens is 500 g/mol. The predicted molar refractivity (Wildman–Crippen MR) is 149 cm³/mol. The lowest BCUT2D eigenvalue weighted by Gasteiger charge is -2.39. The van der Waals surface area contributed by atoms with E-state index in [1.165, 1.54) is 18.2 Å². The molecule has 12 heteroatoms. The number of urea groups is 1. The number of likely N-dealkylation sites (N-methyl/N-ethyl adjacent to an activating group) is 1. The lowest BCUT2D eigenvalue weighted by Crippen LogP contribution is -2.54. The van der Waals surface area contributed by atoms with E-state index in [0.717, 1.165) is 5.69 Å². The van der Waals surface area contributed by atoms with Crippen molar-refractivity contribution < 1.29 is 19.7 Å². The van der Waals surface area contributed by atoms with Gasteiger partial charge in [-0.25, -0.2) is 19.7 Å². The molecule has 0 aliphatic carbocycles. The number of carbonyl (C=O) groups is 1. The maximum Gasteiger partial charge on any atom is 0.319 e. The first-order chi connectivity index (χ1) is 18.4. The summed E-state index contributed by atoms with van der Waals surface area (Å²) in [6.07, 6.45) is 0.810. The van der Waals surface area contributed by atoms with E-state index in [0.29, 0.717) is 30.7 Å². The van der Waals surface area contributed by atoms with Crippen LogP contribution in [0.25, 0.3) is 11.2 Å². The molecule has 1 aromatic carbocycles. The summed E-state index contributed by atoms with van der Waals surface area (Å²) >= 11 is 0. The first-order valence-corrected chi connectivity index (χ1v) is 13.2. The van der Waals surface area contributed by atoms with Crippen molar-refractivity contribution in [1.82, 2.24) is 29.7 Å². The van der Waals surface area contributed by atoms with Crippen molar-refractivity contribution in [3.8, 4) is 0 Å². The Morgan fingerprint density at radius 3 is 2.62 bits per heavy atom. The van der Waals surface area contributed by atoms with E-state index in [-0.39, 0.29) is 29.9 Å². The number of nitrogen functional groups attached to an aromatic ring is 1. The number of amides is 2. The number of imidazole rings is 1. The third-order valence-electron chi connectivity index (χ3n) is 7.17. The highest BCUT2D eigenvalue weighted by Gasteiger charge is 2.40. The quantitative estimate of drug-likeness (QED) is 0.287. The number of hydrogen-bond donors (Lipinski definition) is 5. The van der Waals surface area contributed by atoms with Gasteiger partial charge in [0.25, 0.3) is 0 Å². The normalized spacial score (nSPS) is 22.7. The minimum absolute atomic E-state index is 0.0548. The molecule has 3 aromatic rings. The van der Waals surface area contributed by atoms with Gasteiger partial charge in [0.2, 0.25) is 0 Å². The fourth-order valence-electron chi connectivity index (χ4n) is 4.71. The van der Waals surface area contributed by atoms with Gasteiger partial charge in [-0.1, -0.05) is 32.9 Å². The molecule has 1 aliphatic heterocycles. The number of benzene rings is 1. The summed E-state index contributed by atoms with van der Waals surface area (Å²) in [7, 11) is 1.92. The molecule has 0 spiro atoms. The minimum Gasteiger partial charge on any atom is -0.388 e. The highest BCUT2D eigenvalue weighted by molar-refractivity contribution is 5.89. The monoisotopic (exact) mass is 540 g/mol. The van der Waals surface area contributed by atoms with Crippen LogP contribution in [0.2, 0.25) is 0 Å². The van der Waals surface area contributed by atoms with Gasteiger partial charge in [-0.2, -0.15) is 0 Å². The third kappa shape index (κ3) is 6.82. The average molecular weight is 541 g/mol. The molecule has 5 atom stereocenters. The van der Waals surface area contributed by atoms with E-state index in [4.69, 9.17) is 10.5 Å². The zero-order valence-corrected chi connectivity index (χ0v) is 23.2. The molecule has 1 saturated heterocycles. The zero-order valence-electron chi connectivity index (χ0n) is 23.2. The lowest BCUT2D eigenvalue weighted by atomic mass is 9.87. The number of aliphatic hydroxyl groups is 2. The number of fused-ring (bicyclic) bond motifs is 1. The van der Waals surface area contributed by atoms with Crippen molar-refractivity contribution in [1.29, 1.82) is 0 Å². The molecule has 2 amide bonds. The average Bonchev–Trinajstić information content (AvgIpc) is 3.31. The zero-order chi connectivity index (χ0) is 28.3. The number of nitrogens with zero attached hydrogens (tertiary/aromatic N) is 5. The van der Waals surface area contributed by atoms with Gasteiger partial charge in [0.05, 0.1) is 25.1 Å². The molecule has 1 aliphatic rings. The number of anilines is 2. The number of rotatable bonds is 8. The fraction of sp³-hybridized carbons (Fsp3) is 0.556. The van der Waals surface area contributed by atoms with Crippen LogP contribution >= 0.6 is 0 Å². The van der Waals surface area contributed by atoms with Gasteiger partial charge >= 0.3 is 6.03 Å². The summed E-state index contributed by atoms with van der Waals surface area (Å²) in [6, 6.07) is 6.98. The number of aromatic nitrogens is 4. The van der Waals surface area contributed by atoms with Crippen molar-refractivity contribution in [3.63, 3.8) is 0 Å². The fourth-order valence-corrected chi connectivity index (χ4v) is 4.71. The molecule has 12 nitrogen and oxygen atoms in total. The van der Waals surface area contributed by atoms with Crippen LogP contribution in [0.15, 0.2) is 36.9 Å². The molecular formula is C27H40N8O4. The van der Waals surface area contributed by atoms with Gasteiger partial charge in [0.15, 0.2) is 11.5 Å². The SMILES string of the molecule is C[C@@H](CCN(C)C[C@H]1OCC(n2cnc3c(N)ncnc32)[C@H](O)[C@@H]1O)NC(=O)Nc1ccc(C(C)(C)C)cc1. The molecule has 2 aromatic heterocycles. The minimum atomic E-state index is -1.10. The number of aliphatic hydroxyl groups excluding tert-OH is 2. The lowest BCUT2D eigenvalue weighted by molar-refractivity contribution is -0.162. The van der Waals surface area contributed by atoms with Gasteiger partial charge in [0, 0.05) is 18.3 Å². The molecule has 4 rings (SSSR count). The van der Waals surface area contributed by atoms with Crippen LogP contribution in [0.3, 0.4) is 0 Å². The predicted octanol–water partition coefficient (Wildman–Crippen LogP) is 1.90. The third-order valence-corrected chi connectivity index (χ3v) is 7.17. The largest absolute Gasteiger partial charge is 0.388 e. The maximum absolute atomic E-state index is 12.4. The number of nitrogens with two attached hydrogens (primary N) is 1. The van der Waals surface area contributed by atoms with Gasteiger partial charge in [-0.05, 0) is 50.0 Å². The van der Waals surface area contributed by atoms with Gasteiger partial charge in [0.1, 0.15) is 24.1 Å². The Hall–Kier alpha value is -3.32. The number of hydrogen-bond acceptors (Lipinski definition) is 9. The van der Waals surface area contributed by atoms with Crippen LogP contribution in [0.4, 0.5) is 16.3 Å². The standard InChI is InChI=1S/C27H40N8O4/c1-16(32-26(38)33-18-8-6-17(7-9-18)27(2,3)4)10-11-34(5)12-20-23(37)22(36)19(13-39-20)35-15-31-21-24(28)29-14-30-25(21)35/h6-9,14-16,19-20,22-23,36-37H,10-13H2,1-5H3,(H2,28,29,30)(H2,32,33,38)/t16-,19?,20+,22-,23+/m0/s1. The number of carbonyl (C=O) groups excluding carboxylic acids is 1. The second-order valence-electron chi connectivity index (χ2n) is 11.4. The number of nitrogens with one attached hydrogen (secondary N) is 2. The van der Waals surface area contributed by atoms with E-state index >= 15 is 0 Å². The topological polar surface area (TPSA) is 164 Å². The Kier molecular flexibility index (Phi) is 8.70. The van der Waals surface area contributed by atoms with Crippen LogP contribution in [0, 0.1) is 0 Å². The Morgan fingerprint density at radius 2 is 1.92 bits per heavy atom. The van der Waals surface area contributed by atoms with Gasteiger partial charge in [-0.3, -0.25) is 0 Å². The van der Waals surface area contributed by atoms with Crippen LogP contribution < -0.4 is 16.4 Å². The highest BCUT2D eigenvalue weighted by Crippen LogP contribution is 2.28. The Balaban J connectivity index is 1.22. The molecule has 1 fully saturated rings. The molecule has 0 bridgehead atoms. The van der Waals surface area contributed by atoms with Crippen molar-refractivity contribution in [2.24, 2.45) is 0 Å². The van der Waals surface area contributed by atoms with E-state index in [1.54, 1.807) is 4.57 Å². The molecule has 0 saturated carbocycles. The Morgan fingerprint density at radius 1 is 1.21 bits per heavy atom. The van der Waals surface area contributed by atoms with Crippen molar-refractivity contribution in [2.45, 2.75) is 69.9 Å². The van der Waals surface area contributed by atoms with E-state index < -0.39 is 24.4 Å². The summed E-state index contributed by atoms with van der Waals surface area (Å²) in [4.78, 5) is 26.8. The maximum atomic E-state index is 12.4. The molecule has 39 heavy (non-hydrogen) atoms. The van der Waals surface area contributed by atoms with Crippen molar-refractivity contribution in [3.05, 3.63) is 42.5 Å². The van der Waals surface area contributed by atoms with Crippen LogP contribution in [-0.2, 0) is 10.2 Å². The van der Waals surface area contributed by atoms with E-state index in [1.807, 2.05) is 43.1 Å². The first kappa shape index (κ1) is 28.7. The van der Waals surface area contributed by atoms with E-state index in [9.17, 15) is 15.0 Å². The number of ether oxygens (including phenoxy) is 1. The van der Waals surface area contributed by atoms with E-state index in [2.05, 4.69) is 46.4 Å². The molecule has 3 heterocycles. The molecule has 212 valence electrons. The summed E-state index contributed by atoms with van der Waals surface area (Å²) < 4.78 is 7.62. The van der Waals surface area contributed by atoms with Crippen LogP contribution in [0.1, 0.15) is 45.7 Å². The molecule has 0 radical (unpaired) electrons. The molecule has 1 unspecified atom stereocenters. The van der Waals surface area contributed by atoms with Gasteiger partial charge in [-0.15, -0.1) is 0 Å². The second-order valence-corrected chi connectivity index (χ2v) is 11.4. The summed E-state index contributed by atoms with van der Waals surface area (Å²) in [5.41, 5.74) is 8.78. The van der Waals surface area contributed by atoms with Crippen LogP contribution in [0.5, 0.6) is 0 Å². The first-order valence-electron chi connectivity index (χ1n) is 13.2. The van der Waals surface area contributed by atoms with Crippen LogP contribution in [-0.4, -0.2) is 91.8 Å². The van der Waals surface area contributed by atoms with Crippen molar-refractivity contribution >= 4 is 28.7 Å². The highest BCUT2D eigenvalue weighted by atomic mass is 16.5. The summed E-state index contributed by atoms with van der Waals surface area (Å²) in [6.45, 7) is 9.66.